The molecule has 0 amide bonds. The van der Waals surface area contributed by atoms with Gasteiger partial charge < -0.3 is 5.21 Å². The second kappa shape index (κ2) is 2.21. The Morgan fingerprint density at radius 2 is 2.40 bits per heavy atom. The van der Waals surface area contributed by atoms with E-state index in [1.54, 1.807) is 6.92 Å². The highest BCUT2D eigenvalue weighted by molar-refractivity contribution is 7.80. The first-order chi connectivity index (χ1) is 4.52. The predicted molar refractivity (Wildman–Crippen MR) is 33.8 cm³/mol. The van der Waals surface area contributed by atoms with Gasteiger partial charge in [0.1, 0.15) is 0 Å². The molecule has 0 aromatic heterocycles. The van der Waals surface area contributed by atoms with Crippen molar-refractivity contribution in [2.24, 2.45) is 0 Å². The van der Waals surface area contributed by atoms with Crippen LogP contribution in [0, 0.1) is 5.21 Å². The molecule has 5 nitrogen and oxygen atoms in total. The fraction of sp³-hybridized carbons (Fsp3) is 0.750. The standard InChI is InChI=1S/C4H7NO4S/c1-4-2-3-5(6)10(7,8)9-4/h3-4H,2H2,1H3. The summed E-state index contributed by atoms with van der Waals surface area (Å²) >= 11 is 0. The molecule has 1 aliphatic rings. The Balaban J connectivity index is 2.98. The summed E-state index contributed by atoms with van der Waals surface area (Å²) in [5, 5.41) is 10.4. The first-order valence-corrected chi connectivity index (χ1v) is 4.12. The van der Waals surface area contributed by atoms with E-state index < -0.39 is 16.4 Å². The van der Waals surface area contributed by atoms with Gasteiger partial charge in [0.05, 0.1) is 12.5 Å². The van der Waals surface area contributed by atoms with Crippen molar-refractivity contribution >= 4 is 16.5 Å². The lowest BCUT2D eigenvalue weighted by Gasteiger charge is -2.13. The highest BCUT2D eigenvalue weighted by atomic mass is 32.2. The van der Waals surface area contributed by atoms with Crippen LogP contribution in [0.5, 0.6) is 0 Å². The maximum Gasteiger partial charge on any atom is 0.520 e. The predicted octanol–water partition coefficient (Wildman–Crippen LogP) is -0.379. The summed E-state index contributed by atoms with van der Waals surface area (Å²) in [6.45, 7) is 1.58. The zero-order valence-electron chi connectivity index (χ0n) is 5.35. The van der Waals surface area contributed by atoms with E-state index >= 15 is 0 Å². The zero-order valence-corrected chi connectivity index (χ0v) is 6.17. The summed E-state index contributed by atoms with van der Waals surface area (Å²) < 4.78 is 25.3. The summed E-state index contributed by atoms with van der Waals surface area (Å²) in [6.07, 6.45) is 0.960. The molecule has 6 heteroatoms. The van der Waals surface area contributed by atoms with Crippen molar-refractivity contribution in [3.05, 3.63) is 5.21 Å². The summed E-state index contributed by atoms with van der Waals surface area (Å²) in [4.78, 5) is 0. The van der Waals surface area contributed by atoms with Crippen molar-refractivity contribution in [2.75, 3.05) is 0 Å². The van der Waals surface area contributed by atoms with E-state index in [4.69, 9.17) is 0 Å². The molecule has 1 heterocycles. The molecule has 1 unspecified atom stereocenters. The topological polar surface area (TPSA) is 69.4 Å². The van der Waals surface area contributed by atoms with Gasteiger partial charge >= 0.3 is 10.3 Å². The monoisotopic (exact) mass is 165 g/mol. The van der Waals surface area contributed by atoms with Gasteiger partial charge in [-0.3, -0.25) is 0 Å². The molecule has 0 spiro atoms. The molecule has 0 aromatic carbocycles. The average molecular weight is 165 g/mol. The Morgan fingerprint density at radius 3 is 2.80 bits per heavy atom. The van der Waals surface area contributed by atoms with Gasteiger partial charge in [0.15, 0.2) is 6.21 Å². The Kier molecular flexibility index (Phi) is 1.65. The molecule has 0 fully saturated rings. The molecule has 0 saturated heterocycles. The second-order valence-corrected chi connectivity index (χ2v) is 3.45. The molecule has 58 valence electrons. The van der Waals surface area contributed by atoms with Crippen LogP contribution in [-0.2, 0) is 14.5 Å². The maximum atomic E-state index is 10.6. The molecule has 1 rings (SSSR count). The Hall–Kier alpha value is -0.620. The Morgan fingerprint density at radius 1 is 1.80 bits per heavy atom. The van der Waals surface area contributed by atoms with Crippen LogP contribution in [0.15, 0.2) is 0 Å². The first kappa shape index (κ1) is 7.49. The smallest absolute Gasteiger partial charge is 0.520 e. The molecular weight excluding hydrogens is 158 g/mol. The summed E-state index contributed by atoms with van der Waals surface area (Å²) in [5.74, 6) is 0. The normalized spacial score (nSPS) is 31.3. The highest BCUT2D eigenvalue weighted by Gasteiger charge is 2.28. The molecule has 0 bridgehead atoms. The molecule has 0 radical (unpaired) electrons. The highest BCUT2D eigenvalue weighted by Crippen LogP contribution is 2.08. The van der Waals surface area contributed by atoms with Gasteiger partial charge in [0.2, 0.25) is 0 Å². The number of hydrogen-bond acceptors (Lipinski definition) is 4. The molecular formula is C4H7NO4S. The van der Waals surface area contributed by atoms with Gasteiger partial charge in [-0.05, 0) is 6.92 Å². The zero-order chi connectivity index (χ0) is 7.78. The number of nitrogens with zero attached hydrogens (tertiary/aromatic N) is 1. The minimum atomic E-state index is -3.99. The van der Waals surface area contributed by atoms with Crippen LogP contribution in [0.4, 0.5) is 0 Å². The van der Waals surface area contributed by atoms with Gasteiger partial charge in [-0.1, -0.05) is 4.14 Å². The van der Waals surface area contributed by atoms with Gasteiger partial charge in [0.25, 0.3) is 0 Å². The molecule has 1 aliphatic heterocycles. The van der Waals surface area contributed by atoms with Gasteiger partial charge in [-0.25, -0.2) is 4.18 Å². The molecule has 0 aliphatic carbocycles. The van der Waals surface area contributed by atoms with Crippen LogP contribution in [0.1, 0.15) is 13.3 Å². The Labute approximate surface area is 58.8 Å². The van der Waals surface area contributed by atoms with Crippen LogP contribution in [-0.4, -0.2) is 24.9 Å². The van der Waals surface area contributed by atoms with Crippen molar-refractivity contribution in [2.45, 2.75) is 19.4 Å². The lowest BCUT2D eigenvalue weighted by molar-refractivity contribution is -0.299. The Bertz CT molecular complexity index is 254. The SMILES string of the molecule is CC1CC=[N+]([O-])S(=O)(=O)O1. The van der Waals surface area contributed by atoms with Crippen molar-refractivity contribution in [3.8, 4) is 0 Å². The fourth-order valence-corrected chi connectivity index (χ4v) is 1.46. The third-order valence-corrected chi connectivity index (χ3v) is 2.25. The van der Waals surface area contributed by atoms with E-state index in [1.807, 2.05) is 0 Å². The van der Waals surface area contributed by atoms with E-state index in [0.717, 1.165) is 6.21 Å². The van der Waals surface area contributed by atoms with E-state index in [9.17, 15) is 13.6 Å². The first-order valence-electron chi connectivity index (χ1n) is 2.75. The average Bonchev–Trinajstić information content (AvgIpc) is 1.78. The van der Waals surface area contributed by atoms with Crippen LogP contribution < -0.4 is 0 Å². The van der Waals surface area contributed by atoms with Crippen molar-refractivity contribution in [1.82, 2.24) is 0 Å². The van der Waals surface area contributed by atoms with E-state index in [2.05, 4.69) is 4.18 Å². The maximum absolute atomic E-state index is 10.6. The van der Waals surface area contributed by atoms with Crippen LogP contribution in [0.3, 0.4) is 0 Å². The molecule has 0 saturated carbocycles. The summed E-state index contributed by atoms with van der Waals surface area (Å²) in [7, 11) is -3.99. The minimum Gasteiger partial charge on any atom is -0.606 e. The molecule has 10 heavy (non-hydrogen) atoms. The van der Waals surface area contributed by atoms with Crippen LogP contribution >= 0.6 is 0 Å². The third kappa shape index (κ3) is 1.27. The summed E-state index contributed by atoms with van der Waals surface area (Å²) in [5.41, 5.74) is 0. The lowest BCUT2D eigenvalue weighted by Crippen LogP contribution is -2.30. The summed E-state index contributed by atoms with van der Waals surface area (Å²) in [6, 6.07) is 0. The van der Waals surface area contributed by atoms with E-state index in [1.165, 1.54) is 0 Å². The van der Waals surface area contributed by atoms with Gasteiger partial charge in [0, 0.05) is 0 Å². The lowest BCUT2D eigenvalue weighted by atomic mass is 10.3. The number of hydrogen-bond donors (Lipinski definition) is 0. The third-order valence-electron chi connectivity index (χ3n) is 1.09. The fourth-order valence-electron chi connectivity index (χ4n) is 0.615. The largest absolute Gasteiger partial charge is 0.606 e. The molecule has 1 atom stereocenters. The minimum absolute atomic E-state index is 0.160. The van der Waals surface area contributed by atoms with Crippen LogP contribution in [0.2, 0.25) is 0 Å². The van der Waals surface area contributed by atoms with Crippen molar-refractivity contribution in [1.29, 1.82) is 0 Å². The molecule has 0 N–H and O–H groups in total. The van der Waals surface area contributed by atoms with Crippen molar-refractivity contribution < 1.29 is 16.7 Å². The quantitative estimate of drug-likeness (QED) is 0.362. The number of rotatable bonds is 0. The van der Waals surface area contributed by atoms with Gasteiger partial charge in [-0.2, -0.15) is 0 Å². The van der Waals surface area contributed by atoms with Crippen molar-refractivity contribution in [3.63, 3.8) is 0 Å². The van der Waals surface area contributed by atoms with E-state index in [0.29, 0.717) is 6.42 Å². The van der Waals surface area contributed by atoms with E-state index in [-0.39, 0.29) is 4.14 Å². The molecule has 0 aromatic rings. The van der Waals surface area contributed by atoms with Crippen LogP contribution in [0.25, 0.3) is 0 Å². The second-order valence-electron chi connectivity index (χ2n) is 2.04. The van der Waals surface area contributed by atoms with Gasteiger partial charge in [-0.15, -0.1) is 8.42 Å².